The van der Waals surface area contributed by atoms with Crippen LogP contribution < -0.4 is 0 Å². The molecule has 31 heavy (non-hydrogen) atoms. The molecule has 0 heterocycles. The molecule has 4 heteroatoms. The standard InChI is InChI=1S/C27H32F4/c1-2-3-4-18-5-6-23-16-22(12-11-21(23)15-18)19-7-9-20(10-8-19)24-13-14-25(26(28)17-24)27(29,30)31/h7-10,13-14,17-18,21-23H,2-6,11-12,15-16H2,1H3. The van der Waals surface area contributed by atoms with Crippen molar-refractivity contribution in [1.82, 2.24) is 0 Å². The van der Waals surface area contributed by atoms with Crippen LogP contribution in [0.4, 0.5) is 17.6 Å². The lowest BCUT2D eigenvalue weighted by Crippen LogP contribution is -2.30. The van der Waals surface area contributed by atoms with Crippen molar-refractivity contribution in [1.29, 1.82) is 0 Å². The van der Waals surface area contributed by atoms with Crippen molar-refractivity contribution in [2.45, 2.75) is 76.8 Å². The van der Waals surface area contributed by atoms with Crippen LogP contribution in [0, 0.1) is 23.6 Å². The molecule has 4 rings (SSSR count). The van der Waals surface area contributed by atoms with E-state index in [2.05, 4.69) is 19.1 Å². The minimum absolute atomic E-state index is 0.478. The summed E-state index contributed by atoms with van der Waals surface area (Å²) >= 11 is 0. The molecular formula is C27H32F4. The largest absolute Gasteiger partial charge is 0.419 e. The van der Waals surface area contributed by atoms with Gasteiger partial charge in [-0.3, -0.25) is 0 Å². The summed E-state index contributed by atoms with van der Waals surface area (Å²) in [5.74, 6) is 2.00. The lowest BCUT2D eigenvalue weighted by atomic mass is 9.63. The van der Waals surface area contributed by atoms with E-state index in [9.17, 15) is 17.6 Å². The highest BCUT2D eigenvalue weighted by atomic mass is 19.4. The van der Waals surface area contributed by atoms with Gasteiger partial charge in [-0.05, 0) is 84.6 Å². The van der Waals surface area contributed by atoms with Crippen LogP contribution in [-0.4, -0.2) is 0 Å². The normalized spacial score (nSPS) is 26.5. The second-order valence-electron chi connectivity index (χ2n) is 9.67. The van der Waals surface area contributed by atoms with Crippen LogP contribution in [0.25, 0.3) is 11.1 Å². The summed E-state index contributed by atoms with van der Waals surface area (Å²) in [6.07, 6.45) is 7.32. The van der Waals surface area contributed by atoms with Gasteiger partial charge in [-0.1, -0.05) is 62.9 Å². The molecule has 2 saturated carbocycles. The van der Waals surface area contributed by atoms with Crippen LogP contribution in [0.5, 0.6) is 0 Å². The highest BCUT2D eigenvalue weighted by Crippen LogP contribution is 2.48. The van der Waals surface area contributed by atoms with Crippen LogP contribution in [0.15, 0.2) is 42.5 Å². The third-order valence-electron chi connectivity index (χ3n) is 7.68. The number of halogens is 4. The fraction of sp³-hybridized carbons (Fsp3) is 0.556. The molecule has 2 fully saturated rings. The van der Waals surface area contributed by atoms with Gasteiger partial charge in [0.05, 0.1) is 5.56 Å². The summed E-state index contributed by atoms with van der Waals surface area (Å²) < 4.78 is 52.3. The molecule has 2 aromatic rings. The molecule has 0 nitrogen and oxygen atoms in total. The third kappa shape index (κ3) is 5.15. The molecule has 4 unspecified atom stereocenters. The van der Waals surface area contributed by atoms with Crippen LogP contribution >= 0.6 is 0 Å². The predicted molar refractivity (Wildman–Crippen MR) is 117 cm³/mol. The fourth-order valence-electron chi connectivity index (χ4n) is 5.92. The molecule has 2 aliphatic carbocycles. The summed E-state index contributed by atoms with van der Waals surface area (Å²) in [7, 11) is 0. The summed E-state index contributed by atoms with van der Waals surface area (Å²) in [5.41, 5.74) is 1.32. The van der Waals surface area contributed by atoms with E-state index in [4.69, 9.17) is 0 Å². The number of unbranched alkanes of at least 4 members (excludes halogenated alkanes) is 1. The van der Waals surface area contributed by atoms with Crippen molar-refractivity contribution in [2.75, 3.05) is 0 Å². The zero-order valence-corrected chi connectivity index (χ0v) is 18.2. The lowest BCUT2D eigenvalue weighted by Gasteiger charge is -2.42. The van der Waals surface area contributed by atoms with Gasteiger partial charge in [0.1, 0.15) is 5.82 Å². The number of benzene rings is 2. The van der Waals surface area contributed by atoms with Crippen molar-refractivity contribution in [3.63, 3.8) is 0 Å². The van der Waals surface area contributed by atoms with Crippen molar-refractivity contribution in [3.05, 3.63) is 59.4 Å². The maximum absolute atomic E-state index is 13.9. The van der Waals surface area contributed by atoms with E-state index in [-0.39, 0.29) is 0 Å². The topological polar surface area (TPSA) is 0 Å². The summed E-state index contributed by atoms with van der Waals surface area (Å²) in [6, 6.07) is 11.2. The average molecular weight is 433 g/mol. The molecule has 4 atom stereocenters. The molecule has 0 aliphatic heterocycles. The van der Waals surface area contributed by atoms with E-state index in [0.717, 1.165) is 35.4 Å². The van der Waals surface area contributed by atoms with Crippen molar-refractivity contribution in [3.8, 4) is 11.1 Å². The second-order valence-corrected chi connectivity index (χ2v) is 9.67. The molecule has 0 amide bonds. The zero-order valence-electron chi connectivity index (χ0n) is 18.2. The Morgan fingerprint density at radius 3 is 2.19 bits per heavy atom. The fourth-order valence-corrected chi connectivity index (χ4v) is 5.92. The Balaban J connectivity index is 1.40. The first-order chi connectivity index (χ1) is 14.8. The van der Waals surface area contributed by atoms with Gasteiger partial charge in [-0.15, -0.1) is 0 Å². The molecular weight excluding hydrogens is 400 g/mol. The van der Waals surface area contributed by atoms with E-state index in [1.54, 1.807) is 0 Å². The number of hydrogen-bond acceptors (Lipinski definition) is 0. The predicted octanol–water partition coefficient (Wildman–Crippen LogP) is 9.00. The van der Waals surface area contributed by atoms with Gasteiger partial charge in [0.2, 0.25) is 0 Å². The van der Waals surface area contributed by atoms with E-state index in [0.29, 0.717) is 11.5 Å². The van der Waals surface area contributed by atoms with Crippen LogP contribution in [-0.2, 0) is 6.18 Å². The Labute approximate surface area is 183 Å². The number of fused-ring (bicyclic) bond motifs is 1. The van der Waals surface area contributed by atoms with E-state index in [1.165, 1.54) is 69.4 Å². The van der Waals surface area contributed by atoms with Crippen LogP contribution in [0.2, 0.25) is 0 Å². The molecule has 0 saturated heterocycles. The maximum atomic E-state index is 13.9. The lowest BCUT2D eigenvalue weighted by molar-refractivity contribution is -0.139. The highest BCUT2D eigenvalue weighted by Gasteiger charge is 2.36. The van der Waals surface area contributed by atoms with Crippen molar-refractivity contribution in [2.24, 2.45) is 17.8 Å². The van der Waals surface area contributed by atoms with Gasteiger partial charge in [0, 0.05) is 0 Å². The monoisotopic (exact) mass is 432 g/mol. The van der Waals surface area contributed by atoms with Crippen molar-refractivity contribution >= 4 is 0 Å². The summed E-state index contributed by atoms with van der Waals surface area (Å²) in [6.45, 7) is 2.27. The van der Waals surface area contributed by atoms with Gasteiger partial charge >= 0.3 is 6.18 Å². The van der Waals surface area contributed by atoms with Crippen molar-refractivity contribution < 1.29 is 17.6 Å². The molecule has 0 spiro atoms. The third-order valence-corrected chi connectivity index (χ3v) is 7.68. The number of rotatable bonds is 5. The number of hydrogen-bond donors (Lipinski definition) is 0. The van der Waals surface area contributed by atoms with Gasteiger partial charge in [0.15, 0.2) is 0 Å². The first-order valence-corrected chi connectivity index (χ1v) is 11.8. The highest BCUT2D eigenvalue weighted by molar-refractivity contribution is 5.64. The van der Waals surface area contributed by atoms with Gasteiger partial charge in [-0.2, -0.15) is 13.2 Å². The first kappa shape index (κ1) is 22.4. The molecule has 0 radical (unpaired) electrons. The molecule has 0 bridgehead atoms. The van der Waals surface area contributed by atoms with E-state index >= 15 is 0 Å². The van der Waals surface area contributed by atoms with Crippen LogP contribution in [0.3, 0.4) is 0 Å². The quantitative estimate of drug-likeness (QED) is 0.414. The van der Waals surface area contributed by atoms with E-state index < -0.39 is 17.6 Å². The maximum Gasteiger partial charge on any atom is 0.419 e. The van der Waals surface area contributed by atoms with Gasteiger partial charge < -0.3 is 0 Å². The Bertz CT molecular complexity index is 868. The van der Waals surface area contributed by atoms with E-state index in [1.807, 2.05) is 12.1 Å². The smallest absolute Gasteiger partial charge is 0.206 e. The summed E-state index contributed by atoms with van der Waals surface area (Å²) in [4.78, 5) is 0. The first-order valence-electron chi connectivity index (χ1n) is 11.8. The second kappa shape index (κ2) is 9.34. The molecule has 2 aliphatic rings. The Hall–Kier alpha value is -1.84. The molecule has 0 aromatic heterocycles. The molecule has 2 aromatic carbocycles. The summed E-state index contributed by atoms with van der Waals surface area (Å²) in [5, 5.41) is 0. The van der Waals surface area contributed by atoms with Crippen LogP contribution in [0.1, 0.15) is 81.8 Å². The minimum atomic E-state index is -4.67. The Morgan fingerprint density at radius 1 is 0.839 bits per heavy atom. The molecule has 0 N–H and O–H groups in total. The zero-order chi connectivity index (χ0) is 22.0. The number of alkyl halides is 3. The van der Waals surface area contributed by atoms with Gasteiger partial charge in [0.25, 0.3) is 0 Å². The Morgan fingerprint density at radius 2 is 1.52 bits per heavy atom. The van der Waals surface area contributed by atoms with Gasteiger partial charge in [-0.25, -0.2) is 4.39 Å². The average Bonchev–Trinajstić information content (AvgIpc) is 2.76. The molecule has 168 valence electrons. The Kier molecular flexibility index (Phi) is 6.74. The SMILES string of the molecule is CCCCC1CCC2CC(c3ccc(-c4ccc(C(F)(F)F)c(F)c4)cc3)CCC2C1. The minimum Gasteiger partial charge on any atom is -0.206 e.